The van der Waals surface area contributed by atoms with Gasteiger partial charge in [-0.2, -0.15) is 4.98 Å². The molecule has 0 spiro atoms. The van der Waals surface area contributed by atoms with Crippen molar-refractivity contribution >= 4 is 36.9 Å². The Balaban J connectivity index is 1.91. The summed E-state index contributed by atoms with van der Waals surface area (Å²) < 4.78 is 45.0. The van der Waals surface area contributed by atoms with Crippen molar-refractivity contribution in [2.45, 2.75) is 48.3 Å². The minimum Gasteiger partial charge on any atom is -0.437 e. The molecule has 0 aliphatic heterocycles. The highest BCUT2D eigenvalue weighted by atomic mass is 31.2. The first-order valence-corrected chi connectivity index (χ1v) is 12.2. The molecule has 0 unspecified atom stereocenters. The Labute approximate surface area is 207 Å². The van der Waals surface area contributed by atoms with Crippen LogP contribution in [-0.2, 0) is 48.7 Å². The van der Waals surface area contributed by atoms with E-state index in [9.17, 15) is 18.9 Å². The first-order chi connectivity index (χ1) is 16.6. The van der Waals surface area contributed by atoms with Gasteiger partial charge in [-0.3, -0.25) is 28.5 Å². The number of nitrogens with two attached hydrogens (primary N) is 1. The number of carbonyl (C=O) groups excluding carboxylic acids is 2. The normalized spacial score (nSPS) is 12.6. The van der Waals surface area contributed by atoms with Crippen LogP contribution in [0.1, 0.15) is 41.5 Å². The van der Waals surface area contributed by atoms with Crippen molar-refractivity contribution in [1.82, 2.24) is 19.5 Å². The molecule has 0 bridgehead atoms. The number of rotatable bonds is 12. The second-order valence-electron chi connectivity index (χ2n) is 9.51. The molecule has 0 atom stereocenters. The summed E-state index contributed by atoms with van der Waals surface area (Å²) in [5, 5.41) is 0. The van der Waals surface area contributed by atoms with Crippen LogP contribution in [0, 0.1) is 10.8 Å². The third kappa shape index (κ3) is 8.68. The Morgan fingerprint density at radius 3 is 2.08 bits per heavy atom. The van der Waals surface area contributed by atoms with E-state index >= 15 is 0 Å². The molecule has 0 aliphatic carbocycles. The predicted molar refractivity (Wildman–Crippen MR) is 125 cm³/mol. The topological polar surface area (TPSA) is 196 Å². The number of hydrogen-bond acceptors (Lipinski definition) is 13. The van der Waals surface area contributed by atoms with E-state index in [1.54, 1.807) is 41.5 Å². The maximum absolute atomic E-state index is 12.9. The van der Waals surface area contributed by atoms with Gasteiger partial charge < -0.3 is 19.9 Å². The number of esters is 2. The van der Waals surface area contributed by atoms with Crippen LogP contribution < -0.4 is 11.3 Å². The first-order valence-electron chi connectivity index (χ1n) is 10.8. The molecule has 0 aliphatic rings. The molecule has 2 aromatic heterocycles. The number of H-pyrrole nitrogens is 1. The van der Waals surface area contributed by atoms with Gasteiger partial charge in [0.15, 0.2) is 11.2 Å². The SMILES string of the molecule is CC(C)(C)C(=O)OCOP(=O)(OCCOCn1cnc2c(=O)[nH]c(N)nc21)OCOC(=O)C(C)(C)C. The van der Waals surface area contributed by atoms with Crippen LogP contribution in [-0.4, -0.2) is 58.3 Å². The number of aromatic amines is 1. The monoisotopic (exact) mass is 533 g/mol. The molecular weight excluding hydrogens is 501 g/mol. The number of carbonyl (C=O) groups is 2. The van der Waals surface area contributed by atoms with Crippen LogP contribution >= 0.6 is 7.82 Å². The molecule has 15 nitrogen and oxygen atoms in total. The zero-order valence-corrected chi connectivity index (χ0v) is 22.0. The van der Waals surface area contributed by atoms with Gasteiger partial charge in [0.2, 0.25) is 19.5 Å². The molecule has 0 saturated carbocycles. The Kier molecular flexibility index (Phi) is 9.74. The van der Waals surface area contributed by atoms with Crippen molar-refractivity contribution in [3.63, 3.8) is 0 Å². The Hall–Kier alpha value is -2.84. The highest BCUT2D eigenvalue weighted by Gasteiger charge is 2.31. The van der Waals surface area contributed by atoms with E-state index in [0.29, 0.717) is 0 Å². The van der Waals surface area contributed by atoms with Crippen LogP contribution in [0.15, 0.2) is 11.1 Å². The lowest BCUT2D eigenvalue weighted by molar-refractivity contribution is -0.163. The van der Waals surface area contributed by atoms with E-state index in [1.807, 2.05) is 0 Å². The van der Waals surface area contributed by atoms with Gasteiger partial charge in [-0.15, -0.1) is 0 Å². The maximum atomic E-state index is 12.9. The van der Waals surface area contributed by atoms with E-state index in [2.05, 4.69) is 15.0 Å². The molecule has 3 N–H and O–H groups in total. The minimum absolute atomic E-state index is 0.0752. The minimum atomic E-state index is -4.32. The summed E-state index contributed by atoms with van der Waals surface area (Å²) in [4.78, 5) is 45.9. The van der Waals surface area contributed by atoms with Crippen LogP contribution in [0.25, 0.3) is 11.2 Å². The summed E-state index contributed by atoms with van der Waals surface area (Å²) in [6.45, 7) is 7.91. The van der Waals surface area contributed by atoms with Gasteiger partial charge in [0, 0.05) is 0 Å². The fraction of sp³-hybridized carbons (Fsp3) is 0.650. The van der Waals surface area contributed by atoms with Crippen LogP contribution in [0.4, 0.5) is 5.95 Å². The number of nitrogens with one attached hydrogen (secondary N) is 1. The second-order valence-corrected chi connectivity index (χ2v) is 11.2. The van der Waals surface area contributed by atoms with Gasteiger partial charge in [0.05, 0.1) is 30.4 Å². The number of phosphoric ester groups is 1. The van der Waals surface area contributed by atoms with Gasteiger partial charge in [0.1, 0.15) is 6.73 Å². The largest absolute Gasteiger partial charge is 0.480 e. The molecule has 0 amide bonds. The smallest absolute Gasteiger partial charge is 0.437 e. The lowest BCUT2D eigenvalue weighted by Gasteiger charge is -2.21. The van der Waals surface area contributed by atoms with E-state index in [1.165, 1.54) is 10.9 Å². The van der Waals surface area contributed by atoms with Crippen molar-refractivity contribution in [2.24, 2.45) is 10.8 Å². The van der Waals surface area contributed by atoms with E-state index in [0.717, 1.165) is 0 Å². The summed E-state index contributed by atoms with van der Waals surface area (Å²) in [5.41, 5.74) is 3.74. The summed E-state index contributed by atoms with van der Waals surface area (Å²) >= 11 is 0. The zero-order valence-electron chi connectivity index (χ0n) is 21.1. The number of ether oxygens (including phenoxy) is 3. The van der Waals surface area contributed by atoms with Crippen LogP contribution in [0.5, 0.6) is 0 Å². The summed E-state index contributed by atoms with van der Waals surface area (Å²) in [7, 11) is -4.32. The van der Waals surface area contributed by atoms with Crippen molar-refractivity contribution < 1.29 is 41.9 Å². The molecule has 2 heterocycles. The fourth-order valence-corrected chi connectivity index (χ4v) is 3.16. The van der Waals surface area contributed by atoms with Gasteiger partial charge in [-0.05, 0) is 41.5 Å². The number of anilines is 1. The van der Waals surface area contributed by atoms with E-state index in [-0.39, 0.29) is 37.1 Å². The second kappa shape index (κ2) is 11.9. The molecule has 0 fully saturated rings. The molecule has 0 aromatic carbocycles. The number of phosphoric acid groups is 1. The Morgan fingerprint density at radius 2 is 1.56 bits per heavy atom. The van der Waals surface area contributed by atoms with Gasteiger partial charge in [-0.25, -0.2) is 18.6 Å². The third-order valence-electron chi connectivity index (χ3n) is 4.23. The van der Waals surface area contributed by atoms with Gasteiger partial charge in [-0.1, -0.05) is 0 Å². The number of nitrogens with zero attached hydrogens (tertiary/aromatic N) is 3. The lowest BCUT2D eigenvalue weighted by atomic mass is 9.98. The van der Waals surface area contributed by atoms with E-state index < -0.39 is 49.7 Å². The highest BCUT2D eigenvalue weighted by molar-refractivity contribution is 7.48. The number of fused-ring (bicyclic) bond motifs is 1. The standard InChI is InChI=1S/C20H32N5O10P/c1-19(2,3)16(27)31-11-34-36(29,35-12-32-17(28)20(4,5)6)33-8-7-30-10-25-9-22-13-14(25)23-18(21)24-15(13)26/h9H,7-8,10-12H2,1-6H3,(H3,21,23,24,26). The number of aromatic nitrogens is 4. The van der Waals surface area contributed by atoms with Crippen molar-refractivity contribution in [1.29, 1.82) is 0 Å². The molecule has 202 valence electrons. The number of imidazole rings is 1. The van der Waals surface area contributed by atoms with Crippen molar-refractivity contribution in [2.75, 3.05) is 32.5 Å². The summed E-state index contributed by atoms with van der Waals surface area (Å²) in [5.74, 6) is -1.28. The fourth-order valence-electron chi connectivity index (χ4n) is 2.27. The molecular formula is C20H32N5O10P. The predicted octanol–water partition coefficient (Wildman–Crippen LogP) is 1.93. The Bertz CT molecular complexity index is 1130. The van der Waals surface area contributed by atoms with Crippen LogP contribution in [0.3, 0.4) is 0 Å². The number of nitrogen functional groups attached to an aromatic ring is 1. The Morgan fingerprint density at radius 1 is 1.00 bits per heavy atom. The average molecular weight is 533 g/mol. The first kappa shape index (κ1) is 29.4. The quantitative estimate of drug-likeness (QED) is 0.174. The lowest BCUT2D eigenvalue weighted by Crippen LogP contribution is -2.25. The van der Waals surface area contributed by atoms with Crippen LogP contribution in [0.2, 0.25) is 0 Å². The van der Waals surface area contributed by atoms with Crippen molar-refractivity contribution in [3.05, 3.63) is 16.7 Å². The van der Waals surface area contributed by atoms with E-state index in [4.69, 9.17) is 33.5 Å². The molecule has 2 rings (SSSR count). The average Bonchev–Trinajstić information content (AvgIpc) is 3.15. The third-order valence-corrected chi connectivity index (χ3v) is 5.57. The highest BCUT2D eigenvalue weighted by Crippen LogP contribution is 2.49. The molecule has 0 radical (unpaired) electrons. The summed E-state index contributed by atoms with van der Waals surface area (Å²) in [6, 6.07) is 0. The van der Waals surface area contributed by atoms with Gasteiger partial charge in [0.25, 0.3) is 5.56 Å². The zero-order chi connectivity index (χ0) is 27.1. The maximum Gasteiger partial charge on any atom is 0.480 e. The summed E-state index contributed by atoms with van der Waals surface area (Å²) in [6.07, 6.45) is 1.34. The molecule has 0 saturated heterocycles. The molecule has 2 aromatic rings. The van der Waals surface area contributed by atoms with Crippen molar-refractivity contribution in [3.8, 4) is 0 Å². The molecule has 36 heavy (non-hydrogen) atoms. The van der Waals surface area contributed by atoms with Gasteiger partial charge >= 0.3 is 19.8 Å². The number of hydrogen-bond donors (Lipinski definition) is 2. The molecule has 16 heteroatoms.